The molecule has 1 N–H and O–H groups in total. The van der Waals surface area contributed by atoms with Crippen LogP contribution in [0.5, 0.6) is 11.5 Å². The van der Waals surface area contributed by atoms with Crippen LogP contribution in [-0.2, 0) is 6.42 Å². The molecule has 0 saturated carbocycles. The number of hydrogen-bond acceptors (Lipinski definition) is 2. The molecule has 0 radical (unpaired) electrons. The molecule has 0 bridgehead atoms. The number of rotatable bonds is 6. The summed E-state index contributed by atoms with van der Waals surface area (Å²) in [5, 5.41) is 9.65. The first-order valence-corrected chi connectivity index (χ1v) is 5.34. The number of allylic oxidation sites excluding steroid dienone is 1. The van der Waals surface area contributed by atoms with Crippen molar-refractivity contribution in [1.82, 2.24) is 0 Å². The molecular formula is C13H18O2. The maximum absolute atomic E-state index is 9.65. The van der Waals surface area contributed by atoms with Gasteiger partial charge < -0.3 is 9.84 Å². The van der Waals surface area contributed by atoms with Gasteiger partial charge in [-0.2, -0.15) is 0 Å². The van der Waals surface area contributed by atoms with Crippen molar-refractivity contribution in [3.63, 3.8) is 0 Å². The van der Waals surface area contributed by atoms with Crippen LogP contribution in [0.25, 0.3) is 0 Å². The zero-order valence-electron chi connectivity index (χ0n) is 9.20. The van der Waals surface area contributed by atoms with Crippen molar-refractivity contribution in [2.24, 2.45) is 0 Å². The molecule has 1 aromatic carbocycles. The summed E-state index contributed by atoms with van der Waals surface area (Å²) >= 11 is 0. The van der Waals surface area contributed by atoms with Gasteiger partial charge in [-0.25, -0.2) is 0 Å². The number of ether oxygens (including phenoxy) is 1. The Labute approximate surface area is 91.2 Å². The lowest BCUT2D eigenvalue weighted by Gasteiger charge is -2.11. The molecule has 0 aliphatic carbocycles. The number of phenols is 1. The molecule has 0 saturated heterocycles. The summed E-state index contributed by atoms with van der Waals surface area (Å²) in [5.41, 5.74) is 0.823. The Morgan fingerprint density at radius 1 is 1.47 bits per heavy atom. The molecule has 0 heterocycles. The SMILES string of the molecule is C=CCc1c(O)cccc1OCCCC. The van der Waals surface area contributed by atoms with E-state index in [0.29, 0.717) is 13.0 Å². The van der Waals surface area contributed by atoms with E-state index in [9.17, 15) is 5.11 Å². The fraction of sp³-hybridized carbons (Fsp3) is 0.385. The molecule has 0 amide bonds. The molecule has 0 fully saturated rings. The molecule has 2 nitrogen and oxygen atoms in total. The van der Waals surface area contributed by atoms with Crippen LogP contribution in [0.1, 0.15) is 25.3 Å². The molecule has 1 aromatic rings. The number of phenolic OH excluding ortho intramolecular Hbond substituents is 1. The molecule has 0 spiro atoms. The predicted octanol–water partition coefficient (Wildman–Crippen LogP) is 3.30. The third-order valence-electron chi connectivity index (χ3n) is 2.21. The first-order valence-electron chi connectivity index (χ1n) is 5.34. The Balaban J connectivity index is 2.75. The van der Waals surface area contributed by atoms with Crippen molar-refractivity contribution in [3.05, 3.63) is 36.4 Å². The molecule has 2 heteroatoms. The van der Waals surface area contributed by atoms with Crippen molar-refractivity contribution >= 4 is 0 Å². The normalized spacial score (nSPS) is 9.93. The van der Waals surface area contributed by atoms with Gasteiger partial charge in [0.2, 0.25) is 0 Å². The summed E-state index contributed by atoms with van der Waals surface area (Å²) < 4.78 is 5.60. The highest BCUT2D eigenvalue weighted by Crippen LogP contribution is 2.28. The number of hydrogen-bond donors (Lipinski definition) is 1. The highest BCUT2D eigenvalue weighted by atomic mass is 16.5. The smallest absolute Gasteiger partial charge is 0.126 e. The topological polar surface area (TPSA) is 29.5 Å². The van der Waals surface area contributed by atoms with E-state index in [1.807, 2.05) is 6.07 Å². The number of unbranched alkanes of at least 4 members (excludes halogenated alkanes) is 1. The van der Waals surface area contributed by atoms with E-state index < -0.39 is 0 Å². The van der Waals surface area contributed by atoms with E-state index in [1.165, 1.54) is 0 Å². The first-order chi connectivity index (χ1) is 7.29. The summed E-state index contributed by atoms with van der Waals surface area (Å²) in [6.45, 7) is 6.49. The second-order valence-electron chi connectivity index (χ2n) is 3.45. The van der Waals surface area contributed by atoms with Crippen molar-refractivity contribution in [2.75, 3.05) is 6.61 Å². The molecule has 82 valence electrons. The second-order valence-corrected chi connectivity index (χ2v) is 3.45. The molecule has 0 aromatic heterocycles. The third-order valence-corrected chi connectivity index (χ3v) is 2.21. The summed E-state index contributed by atoms with van der Waals surface area (Å²) in [6.07, 6.45) is 4.54. The van der Waals surface area contributed by atoms with Crippen LogP contribution in [-0.4, -0.2) is 11.7 Å². The van der Waals surface area contributed by atoms with Gasteiger partial charge >= 0.3 is 0 Å². The second kappa shape index (κ2) is 6.12. The zero-order chi connectivity index (χ0) is 11.1. The average molecular weight is 206 g/mol. The highest BCUT2D eigenvalue weighted by molar-refractivity contribution is 5.44. The minimum Gasteiger partial charge on any atom is -0.508 e. The van der Waals surface area contributed by atoms with Crippen LogP contribution in [0, 0.1) is 0 Å². The van der Waals surface area contributed by atoms with Gasteiger partial charge in [0, 0.05) is 5.56 Å². The number of aromatic hydroxyl groups is 1. The maximum atomic E-state index is 9.65. The Hall–Kier alpha value is -1.44. The first kappa shape index (κ1) is 11.6. The lowest BCUT2D eigenvalue weighted by atomic mass is 10.1. The quantitative estimate of drug-likeness (QED) is 0.571. The van der Waals surface area contributed by atoms with Crippen LogP contribution in [0.2, 0.25) is 0 Å². The van der Waals surface area contributed by atoms with E-state index in [-0.39, 0.29) is 5.75 Å². The largest absolute Gasteiger partial charge is 0.508 e. The predicted molar refractivity (Wildman–Crippen MR) is 62.4 cm³/mol. The van der Waals surface area contributed by atoms with Crippen molar-refractivity contribution < 1.29 is 9.84 Å². The van der Waals surface area contributed by atoms with E-state index in [2.05, 4.69) is 13.5 Å². The summed E-state index contributed by atoms with van der Waals surface area (Å²) in [4.78, 5) is 0. The minimum atomic E-state index is 0.281. The van der Waals surface area contributed by atoms with Gasteiger partial charge in [0.1, 0.15) is 11.5 Å². The molecule has 0 atom stereocenters. The summed E-state index contributed by atoms with van der Waals surface area (Å²) in [7, 11) is 0. The third kappa shape index (κ3) is 3.31. The monoisotopic (exact) mass is 206 g/mol. The van der Waals surface area contributed by atoms with Gasteiger partial charge in [-0.1, -0.05) is 25.5 Å². The Kier molecular flexibility index (Phi) is 4.75. The van der Waals surface area contributed by atoms with E-state index >= 15 is 0 Å². The van der Waals surface area contributed by atoms with Gasteiger partial charge in [0.05, 0.1) is 6.61 Å². The van der Waals surface area contributed by atoms with Crippen LogP contribution < -0.4 is 4.74 Å². The summed E-state index contributed by atoms with van der Waals surface area (Å²) in [6, 6.07) is 5.35. The Morgan fingerprint density at radius 3 is 2.93 bits per heavy atom. The average Bonchev–Trinajstić information content (AvgIpc) is 2.23. The van der Waals surface area contributed by atoms with Crippen LogP contribution in [0.3, 0.4) is 0 Å². The number of benzene rings is 1. The van der Waals surface area contributed by atoms with Crippen molar-refractivity contribution in [2.45, 2.75) is 26.2 Å². The van der Waals surface area contributed by atoms with E-state index in [4.69, 9.17) is 4.74 Å². The fourth-order valence-electron chi connectivity index (χ4n) is 1.37. The molecule has 0 unspecified atom stereocenters. The molecule has 1 rings (SSSR count). The summed E-state index contributed by atoms with van der Waals surface area (Å²) in [5.74, 6) is 1.05. The van der Waals surface area contributed by atoms with Gasteiger partial charge in [0.15, 0.2) is 0 Å². The minimum absolute atomic E-state index is 0.281. The van der Waals surface area contributed by atoms with Gasteiger partial charge in [-0.3, -0.25) is 0 Å². The standard InChI is InChI=1S/C13H18O2/c1-3-5-10-15-13-9-6-8-12(14)11(13)7-4-2/h4,6,8-9,14H,2-3,5,7,10H2,1H3. The fourth-order valence-corrected chi connectivity index (χ4v) is 1.37. The van der Waals surface area contributed by atoms with E-state index in [0.717, 1.165) is 24.2 Å². The van der Waals surface area contributed by atoms with Crippen LogP contribution >= 0.6 is 0 Å². The lowest BCUT2D eigenvalue weighted by Crippen LogP contribution is -1.99. The Morgan fingerprint density at radius 2 is 2.27 bits per heavy atom. The van der Waals surface area contributed by atoms with Gasteiger partial charge in [0.25, 0.3) is 0 Å². The molecule has 0 aliphatic heterocycles. The van der Waals surface area contributed by atoms with Gasteiger partial charge in [-0.05, 0) is 25.0 Å². The molecular weight excluding hydrogens is 188 g/mol. The van der Waals surface area contributed by atoms with Crippen LogP contribution in [0.15, 0.2) is 30.9 Å². The van der Waals surface area contributed by atoms with Gasteiger partial charge in [-0.15, -0.1) is 6.58 Å². The maximum Gasteiger partial charge on any atom is 0.126 e. The van der Waals surface area contributed by atoms with Crippen LogP contribution in [0.4, 0.5) is 0 Å². The zero-order valence-corrected chi connectivity index (χ0v) is 9.20. The Bertz CT molecular complexity index is 318. The van der Waals surface area contributed by atoms with Crippen molar-refractivity contribution in [3.8, 4) is 11.5 Å². The lowest BCUT2D eigenvalue weighted by molar-refractivity contribution is 0.304. The molecule has 0 aliphatic rings. The highest BCUT2D eigenvalue weighted by Gasteiger charge is 2.06. The van der Waals surface area contributed by atoms with E-state index in [1.54, 1.807) is 18.2 Å². The molecule has 15 heavy (non-hydrogen) atoms. The van der Waals surface area contributed by atoms with Crippen molar-refractivity contribution in [1.29, 1.82) is 0 Å².